The lowest BCUT2D eigenvalue weighted by molar-refractivity contribution is 0.0589. The first-order valence-electron chi connectivity index (χ1n) is 5.13. The fourth-order valence-electron chi connectivity index (χ4n) is 1.62. The largest absolute Gasteiger partial charge is 0.493 e. The minimum absolute atomic E-state index is 0.314. The molecule has 0 atom stereocenters. The zero-order chi connectivity index (χ0) is 13.1. The third-order valence-corrected chi connectivity index (χ3v) is 2.47. The number of nitrogens with zero attached hydrogens (tertiary/aromatic N) is 4. The molecule has 7 nitrogen and oxygen atoms in total. The van der Waals surface area contributed by atoms with Gasteiger partial charge in [0.1, 0.15) is 12.0 Å². The summed E-state index contributed by atoms with van der Waals surface area (Å²) < 4.78 is 11.3. The highest BCUT2D eigenvalue weighted by atomic mass is 16.5. The van der Waals surface area contributed by atoms with Gasteiger partial charge in [-0.3, -0.25) is 4.68 Å². The predicted molar refractivity (Wildman–Crippen MR) is 62.1 cm³/mol. The molecule has 0 amide bonds. The van der Waals surface area contributed by atoms with Crippen molar-refractivity contribution >= 4 is 5.97 Å². The Kier molecular flexibility index (Phi) is 3.22. The molecule has 94 valence electrons. The van der Waals surface area contributed by atoms with Gasteiger partial charge in [-0.15, -0.1) is 0 Å². The fraction of sp³-hybridized carbons (Fsp3) is 0.273. The zero-order valence-corrected chi connectivity index (χ0v) is 10.2. The van der Waals surface area contributed by atoms with Crippen LogP contribution in [0.5, 0.6) is 5.75 Å². The molecule has 2 rings (SSSR count). The van der Waals surface area contributed by atoms with Gasteiger partial charge in [0.2, 0.25) is 0 Å². The lowest BCUT2D eigenvalue weighted by Gasteiger charge is -2.07. The Bertz CT molecular complexity index is 579. The molecule has 0 saturated heterocycles. The predicted octanol–water partition coefficient (Wildman–Crippen LogP) is 0.672. The molecule has 0 N–H and O–H groups in total. The first kappa shape index (κ1) is 12.0. The number of hydrogen-bond donors (Lipinski definition) is 0. The van der Waals surface area contributed by atoms with Crippen LogP contribution >= 0.6 is 0 Å². The van der Waals surface area contributed by atoms with Crippen LogP contribution in [0.25, 0.3) is 11.3 Å². The van der Waals surface area contributed by atoms with Crippen molar-refractivity contribution in [2.24, 2.45) is 7.05 Å². The summed E-state index contributed by atoms with van der Waals surface area (Å²) in [7, 11) is 4.48. The quantitative estimate of drug-likeness (QED) is 0.743. The summed E-state index contributed by atoms with van der Waals surface area (Å²) in [4.78, 5) is 19.7. The van der Waals surface area contributed by atoms with E-state index < -0.39 is 5.97 Å². The van der Waals surface area contributed by atoms with E-state index in [9.17, 15) is 4.79 Å². The van der Waals surface area contributed by atoms with Gasteiger partial charge in [-0.25, -0.2) is 14.8 Å². The standard InChI is InChI=1S/C11H12N4O3/c1-15-10(11(16)18-3)7(4-14-15)9-8(17-2)5-12-6-13-9/h4-6H,1-3H3. The van der Waals surface area contributed by atoms with Gasteiger partial charge in [0.15, 0.2) is 11.4 Å². The number of ether oxygens (including phenoxy) is 2. The first-order valence-corrected chi connectivity index (χ1v) is 5.13. The zero-order valence-electron chi connectivity index (χ0n) is 10.2. The highest BCUT2D eigenvalue weighted by Gasteiger charge is 2.22. The smallest absolute Gasteiger partial charge is 0.357 e. The normalized spacial score (nSPS) is 10.2. The number of aromatic nitrogens is 4. The maximum Gasteiger partial charge on any atom is 0.357 e. The number of esters is 1. The van der Waals surface area contributed by atoms with Crippen LogP contribution in [-0.2, 0) is 11.8 Å². The van der Waals surface area contributed by atoms with Crippen molar-refractivity contribution in [3.63, 3.8) is 0 Å². The van der Waals surface area contributed by atoms with Crippen molar-refractivity contribution in [1.29, 1.82) is 0 Å². The van der Waals surface area contributed by atoms with Crippen molar-refractivity contribution in [1.82, 2.24) is 19.7 Å². The van der Waals surface area contributed by atoms with E-state index in [-0.39, 0.29) is 0 Å². The number of methoxy groups -OCH3 is 2. The van der Waals surface area contributed by atoms with E-state index in [1.807, 2.05) is 0 Å². The van der Waals surface area contributed by atoms with E-state index in [0.717, 1.165) is 0 Å². The van der Waals surface area contributed by atoms with E-state index in [1.165, 1.54) is 37.6 Å². The lowest BCUT2D eigenvalue weighted by atomic mass is 10.1. The number of hydrogen-bond acceptors (Lipinski definition) is 6. The molecule has 0 radical (unpaired) electrons. The maximum absolute atomic E-state index is 11.7. The Hall–Kier alpha value is -2.44. The molecule has 0 bridgehead atoms. The number of rotatable bonds is 3. The van der Waals surface area contributed by atoms with Gasteiger partial charge >= 0.3 is 5.97 Å². The average molecular weight is 248 g/mol. The van der Waals surface area contributed by atoms with E-state index in [2.05, 4.69) is 15.1 Å². The average Bonchev–Trinajstić information content (AvgIpc) is 2.79. The van der Waals surface area contributed by atoms with Gasteiger partial charge in [0.25, 0.3) is 0 Å². The summed E-state index contributed by atoms with van der Waals surface area (Å²) in [6.07, 6.45) is 4.44. The molecule has 7 heteroatoms. The monoisotopic (exact) mass is 248 g/mol. The van der Waals surface area contributed by atoms with Gasteiger partial charge in [-0.2, -0.15) is 5.10 Å². The Morgan fingerprint density at radius 3 is 2.78 bits per heavy atom. The van der Waals surface area contributed by atoms with Crippen LogP contribution in [0.15, 0.2) is 18.7 Å². The molecule has 0 saturated carbocycles. The third-order valence-electron chi connectivity index (χ3n) is 2.47. The van der Waals surface area contributed by atoms with Crippen LogP contribution in [0.4, 0.5) is 0 Å². The maximum atomic E-state index is 11.7. The molecule has 0 aliphatic rings. The number of carbonyl (C=O) groups excluding carboxylic acids is 1. The molecule has 18 heavy (non-hydrogen) atoms. The minimum atomic E-state index is -0.481. The second-order valence-electron chi connectivity index (χ2n) is 3.46. The SMILES string of the molecule is COC(=O)c1c(-c2ncncc2OC)cnn1C. The van der Waals surface area contributed by atoms with Crippen LogP contribution in [0, 0.1) is 0 Å². The fourth-order valence-corrected chi connectivity index (χ4v) is 1.62. The van der Waals surface area contributed by atoms with Crippen LogP contribution in [-0.4, -0.2) is 39.9 Å². The highest BCUT2D eigenvalue weighted by molar-refractivity contribution is 5.95. The summed E-state index contributed by atoms with van der Waals surface area (Å²) >= 11 is 0. The first-order chi connectivity index (χ1) is 8.69. The Balaban J connectivity index is 2.61. The van der Waals surface area contributed by atoms with Crippen molar-refractivity contribution in [2.75, 3.05) is 14.2 Å². The third kappa shape index (κ3) is 1.90. The summed E-state index contributed by atoms with van der Waals surface area (Å²) in [5, 5.41) is 4.04. The van der Waals surface area contributed by atoms with Crippen molar-refractivity contribution in [2.45, 2.75) is 0 Å². The Morgan fingerprint density at radius 1 is 1.33 bits per heavy atom. The number of carbonyl (C=O) groups is 1. The van der Waals surface area contributed by atoms with Gasteiger partial charge in [-0.05, 0) is 0 Å². The van der Waals surface area contributed by atoms with Crippen LogP contribution in [0.3, 0.4) is 0 Å². The molecule has 0 aromatic carbocycles. The minimum Gasteiger partial charge on any atom is -0.493 e. The van der Waals surface area contributed by atoms with E-state index in [0.29, 0.717) is 22.7 Å². The van der Waals surface area contributed by atoms with E-state index in [1.54, 1.807) is 7.05 Å². The van der Waals surface area contributed by atoms with Crippen molar-refractivity contribution in [3.05, 3.63) is 24.4 Å². The van der Waals surface area contributed by atoms with Gasteiger partial charge in [0.05, 0.1) is 32.2 Å². The Morgan fingerprint density at radius 2 is 2.11 bits per heavy atom. The molecule has 0 aliphatic carbocycles. The van der Waals surface area contributed by atoms with Crippen molar-refractivity contribution in [3.8, 4) is 17.0 Å². The number of aryl methyl sites for hydroxylation is 1. The second kappa shape index (κ2) is 4.82. The molecule has 2 aromatic heterocycles. The summed E-state index contributed by atoms with van der Waals surface area (Å²) in [6, 6.07) is 0. The van der Waals surface area contributed by atoms with Crippen LogP contribution in [0.1, 0.15) is 10.5 Å². The molecule has 2 heterocycles. The molecule has 0 aliphatic heterocycles. The van der Waals surface area contributed by atoms with E-state index >= 15 is 0 Å². The topological polar surface area (TPSA) is 79.1 Å². The van der Waals surface area contributed by atoms with Crippen molar-refractivity contribution < 1.29 is 14.3 Å². The molecule has 0 unspecified atom stereocenters. The van der Waals surface area contributed by atoms with Gasteiger partial charge < -0.3 is 9.47 Å². The summed E-state index contributed by atoms with van der Waals surface area (Å²) in [5.41, 5.74) is 1.36. The summed E-state index contributed by atoms with van der Waals surface area (Å²) in [5.74, 6) is -0.0127. The molecule has 0 spiro atoms. The second-order valence-corrected chi connectivity index (χ2v) is 3.46. The Labute approximate surface area is 103 Å². The molecular formula is C11H12N4O3. The van der Waals surface area contributed by atoms with Crippen LogP contribution in [0.2, 0.25) is 0 Å². The van der Waals surface area contributed by atoms with Gasteiger partial charge in [-0.1, -0.05) is 0 Å². The van der Waals surface area contributed by atoms with Gasteiger partial charge in [0, 0.05) is 7.05 Å². The molecule has 0 fully saturated rings. The van der Waals surface area contributed by atoms with Crippen LogP contribution < -0.4 is 4.74 Å². The lowest BCUT2D eigenvalue weighted by Crippen LogP contribution is -2.10. The highest BCUT2D eigenvalue weighted by Crippen LogP contribution is 2.29. The molecule has 2 aromatic rings. The van der Waals surface area contributed by atoms with E-state index in [4.69, 9.17) is 9.47 Å². The molecular weight excluding hydrogens is 236 g/mol. The summed E-state index contributed by atoms with van der Waals surface area (Å²) in [6.45, 7) is 0.